The lowest BCUT2D eigenvalue weighted by Crippen LogP contribution is -2.40. The van der Waals surface area contributed by atoms with E-state index < -0.39 is 61.6 Å². The third-order valence-corrected chi connectivity index (χ3v) is 6.13. The van der Waals surface area contributed by atoms with Crippen molar-refractivity contribution >= 4 is 13.8 Å². The SMILES string of the molecule is CC(C)OC(=O)CCCOP(=O)(O)OC1[C@H]2O[C@@H](n3ccc(=O)[nH]c3=O)[C@H](O)[C@@]12CO. The van der Waals surface area contributed by atoms with Gasteiger partial charge in [-0.25, -0.2) is 9.36 Å². The fourth-order valence-corrected chi connectivity index (χ4v) is 4.59. The Balaban J connectivity index is 1.57. The molecule has 2 fully saturated rings. The highest BCUT2D eigenvalue weighted by Crippen LogP contribution is 2.66. The maximum atomic E-state index is 12.2. The Bertz CT molecular complexity index is 975. The van der Waals surface area contributed by atoms with Gasteiger partial charge in [-0.1, -0.05) is 0 Å². The van der Waals surface area contributed by atoms with Gasteiger partial charge in [0.05, 0.1) is 24.7 Å². The molecule has 6 atom stereocenters. The van der Waals surface area contributed by atoms with E-state index in [4.69, 9.17) is 18.5 Å². The lowest BCUT2D eigenvalue weighted by molar-refractivity contribution is -0.147. The van der Waals surface area contributed by atoms with Gasteiger partial charge in [-0.2, -0.15) is 0 Å². The van der Waals surface area contributed by atoms with Gasteiger partial charge in [0.2, 0.25) is 0 Å². The summed E-state index contributed by atoms with van der Waals surface area (Å²) in [6.45, 7) is 2.48. The highest BCUT2D eigenvalue weighted by molar-refractivity contribution is 7.47. The smallest absolute Gasteiger partial charge is 0.463 e. The number of rotatable bonds is 10. The molecule has 1 saturated heterocycles. The number of ether oxygens (including phenoxy) is 2. The molecule has 14 heteroatoms. The van der Waals surface area contributed by atoms with Crippen molar-refractivity contribution in [3.8, 4) is 0 Å². The van der Waals surface area contributed by atoms with E-state index in [1.807, 2.05) is 4.98 Å². The van der Waals surface area contributed by atoms with Gasteiger partial charge in [0, 0.05) is 18.7 Å². The molecule has 174 valence electrons. The second-order valence-corrected chi connectivity index (χ2v) is 9.06. The van der Waals surface area contributed by atoms with Crippen molar-refractivity contribution in [2.24, 2.45) is 5.41 Å². The second-order valence-electron chi connectivity index (χ2n) is 7.65. The number of phosphoric acid groups is 1. The van der Waals surface area contributed by atoms with Crippen LogP contribution in [0.3, 0.4) is 0 Å². The zero-order chi connectivity index (χ0) is 23.0. The van der Waals surface area contributed by atoms with E-state index >= 15 is 0 Å². The number of nitrogens with one attached hydrogen (secondary N) is 1. The molecule has 0 aromatic carbocycles. The summed E-state index contributed by atoms with van der Waals surface area (Å²) in [5, 5.41) is 20.4. The maximum Gasteiger partial charge on any atom is 0.472 e. The van der Waals surface area contributed by atoms with Gasteiger partial charge in [0.15, 0.2) is 6.23 Å². The zero-order valence-electron chi connectivity index (χ0n) is 16.9. The minimum Gasteiger partial charge on any atom is -0.463 e. The van der Waals surface area contributed by atoms with Crippen LogP contribution < -0.4 is 11.2 Å². The number of carbonyl (C=O) groups excluding carboxylic acids is 1. The van der Waals surface area contributed by atoms with Gasteiger partial charge in [-0.15, -0.1) is 0 Å². The number of aromatic amines is 1. The summed E-state index contributed by atoms with van der Waals surface area (Å²) in [5.41, 5.74) is -2.90. The maximum absolute atomic E-state index is 12.2. The monoisotopic (exact) mass is 464 g/mol. The van der Waals surface area contributed by atoms with E-state index in [1.165, 1.54) is 0 Å². The van der Waals surface area contributed by atoms with Crippen LogP contribution in [-0.2, 0) is 27.9 Å². The molecule has 4 N–H and O–H groups in total. The van der Waals surface area contributed by atoms with Crippen LogP contribution in [0.15, 0.2) is 21.9 Å². The lowest BCUT2D eigenvalue weighted by Gasteiger charge is -2.25. The Labute approximate surface area is 176 Å². The summed E-state index contributed by atoms with van der Waals surface area (Å²) in [4.78, 5) is 46.5. The van der Waals surface area contributed by atoms with Gasteiger partial charge in [0.1, 0.15) is 18.3 Å². The standard InChI is InChI=1S/C17H25N2O11P/c1-9(2)28-11(22)4-3-7-27-31(25,26)30-14-13-17(14,8-20)12(23)15(29-13)19-6-5-10(21)18-16(19)24/h5-6,9,12-15,20,23H,3-4,7-8H2,1-2H3,(H,25,26)(H,18,21,24)/t12-,13+,14?,15+,17+/m0/s1. The minimum absolute atomic E-state index is 0.0117. The summed E-state index contributed by atoms with van der Waals surface area (Å²) < 4.78 is 33.5. The van der Waals surface area contributed by atoms with Crippen LogP contribution >= 0.6 is 7.82 Å². The number of aliphatic hydroxyl groups is 2. The highest BCUT2D eigenvalue weighted by atomic mass is 31.2. The van der Waals surface area contributed by atoms with Gasteiger partial charge in [-0.05, 0) is 20.3 Å². The number of hydrogen-bond donors (Lipinski definition) is 4. The summed E-state index contributed by atoms with van der Waals surface area (Å²) in [7, 11) is -4.59. The van der Waals surface area contributed by atoms with Crippen LogP contribution in [-0.4, -0.2) is 68.3 Å². The molecule has 1 aromatic heterocycles. The van der Waals surface area contributed by atoms with Gasteiger partial charge < -0.3 is 24.6 Å². The molecule has 1 aliphatic heterocycles. The molecule has 1 aliphatic carbocycles. The average molecular weight is 464 g/mol. The molecule has 0 spiro atoms. The van der Waals surface area contributed by atoms with Crippen LogP contribution in [0.1, 0.15) is 32.9 Å². The Kier molecular flexibility index (Phi) is 6.87. The number of H-pyrrole nitrogens is 1. The van der Waals surface area contributed by atoms with Crippen molar-refractivity contribution in [1.29, 1.82) is 0 Å². The summed E-state index contributed by atoms with van der Waals surface area (Å²) >= 11 is 0. The van der Waals surface area contributed by atoms with Crippen LogP contribution in [0, 0.1) is 5.41 Å². The molecule has 1 aromatic rings. The summed E-state index contributed by atoms with van der Waals surface area (Å²) in [5.74, 6) is -0.469. The van der Waals surface area contributed by atoms with Crippen LogP contribution in [0.2, 0.25) is 0 Å². The number of aromatic nitrogens is 2. The van der Waals surface area contributed by atoms with Gasteiger partial charge in [-0.3, -0.25) is 28.2 Å². The number of aliphatic hydroxyl groups excluding tert-OH is 2. The molecule has 0 bridgehead atoms. The van der Waals surface area contributed by atoms with Gasteiger partial charge >= 0.3 is 19.5 Å². The fourth-order valence-electron chi connectivity index (χ4n) is 3.58. The first-order chi connectivity index (χ1) is 14.5. The molecule has 3 rings (SSSR count). The number of fused-ring (bicyclic) bond motifs is 1. The Hall–Kier alpha value is -1.86. The predicted octanol–water partition coefficient (Wildman–Crippen LogP) is -0.979. The van der Waals surface area contributed by atoms with Crippen molar-refractivity contribution < 1.29 is 43.0 Å². The molecular formula is C17H25N2O11P. The fraction of sp³-hybridized carbons (Fsp3) is 0.706. The van der Waals surface area contributed by atoms with Crippen LogP contribution in [0.25, 0.3) is 0 Å². The Morgan fingerprint density at radius 1 is 1.42 bits per heavy atom. The first kappa shape index (κ1) is 23.8. The molecule has 2 unspecified atom stereocenters. The lowest BCUT2D eigenvalue weighted by atomic mass is 9.99. The van der Waals surface area contributed by atoms with E-state index in [0.717, 1.165) is 16.8 Å². The van der Waals surface area contributed by atoms with Crippen molar-refractivity contribution in [1.82, 2.24) is 9.55 Å². The predicted molar refractivity (Wildman–Crippen MR) is 102 cm³/mol. The molecule has 0 amide bonds. The number of hydrogen-bond acceptors (Lipinski definition) is 10. The van der Waals surface area contributed by atoms with E-state index in [0.29, 0.717) is 0 Å². The quantitative estimate of drug-likeness (QED) is 0.189. The first-order valence-electron chi connectivity index (χ1n) is 9.63. The first-order valence-corrected chi connectivity index (χ1v) is 11.1. The largest absolute Gasteiger partial charge is 0.472 e. The zero-order valence-corrected chi connectivity index (χ0v) is 17.8. The van der Waals surface area contributed by atoms with Gasteiger partial charge in [0.25, 0.3) is 5.56 Å². The third kappa shape index (κ3) is 4.82. The Morgan fingerprint density at radius 3 is 2.71 bits per heavy atom. The number of phosphoric ester groups is 1. The van der Waals surface area contributed by atoms with E-state index in [-0.39, 0.29) is 25.6 Å². The molecule has 13 nitrogen and oxygen atoms in total. The summed E-state index contributed by atoms with van der Waals surface area (Å²) in [6, 6.07) is 1.06. The molecule has 0 radical (unpaired) electrons. The minimum atomic E-state index is -4.59. The highest BCUT2D eigenvalue weighted by Gasteiger charge is 2.79. The third-order valence-electron chi connectivity index (χ3n) is 5.12. The topological polar surface area (TPSA) is 187 Å². The number of carbonyl (C=O) groups is 1. The van der Waals surface area contributed by atoms with E-state index in [1.54, 1.807) is 13.8 Å². The van der Waals surface area contributed by atoms with E-state index in [9.17, 15) is 34.1 Å². The van der Waals surface area contributed by atoms with E-state index in [2.05, 4.69) is 0 Å². The molecule has 1 saturated carbocycles. The molecule has 31 heavy (non-hydrogen) atoms. The number of esters is 1. The van der Waals surface area contributed by atoms with Crippen LogP contribution in [0.5, 0.6) is 0 Å². The van der Waals surface area contributed by atoms with Crippen molar-refractivity contribution in [3.05, 3.63) is 33.1 Å². The number of nitrogens with zero attached hydrogens (tertiary/aromatic N) is 1. The molecule has 2 aliphatic rings. The Morgan fingerprint density at radius 2 is 2.13 bits per heavy atom. The second kappa shape index (κ2) is 8.94. The average Bonchev–Trinajstić information content (AvgIpc) is 3.15. The van der Waals surface area contributed by atoms with Crippen molar-refractivity contribution in [2.75, 3.05) is 13.2 Å². The normalized spacial score (nSPS) is 31.3. The van der Waals surface area contributed by atoms with Crippen molar-refractivity contribution in [3.63, 3.8) is 0 Å². The molecule has 2 heterocycles. The van der Waals surface area contributed by atoms with Crippen molar-refractivity contribution in [2.45, 2.75) is 57.3 Å². The van der Waals surface area contributed by atoms with Crippen LogP contribution in [0.4, 0.5) is 0 Å². The summed E-state index contributed by atoms with van der Waals surface area (Å²) in [6.07, 6.45) is -3.88. The molecular weight excluding hydrogens is 439 g/mol.